The van der Waals surface area contributed by atoms with Crippen LogP contribution in [-0.2, 0) is 9.59 Å². The molecule has 4 aromatic carbocycles. The largest absolute Gasteiger partial charge is 0.422 e. The number of carbonyl (C=O) groups excluding carboxylic acids is 3. The number of rotatable bonds is 5. The van der Waals surface area contributed by atoms with Gasteiger partial charge in [0.15, 0.2) is 0 Å². The third-order valence-electron chi connectivity index (χ3n) is 5.22. The Labute approximate surface area is 206 Å². The zero-order chi connectivity index (χ0) is 24.8. The highest BCUT2D eigenvalue weighted by molar-refractivity contribution is 6.40. The fraction of sp³-hybridized carbons (Fsp3) is 0.0370. The predicted octanol–water partition coefficient (Wildman–Crippen LogP) is 5.11. The molecule has 0 fully saturated rings. The standard InChI is InChI=1S/C27H20ClN3O4/c1-17-22(28)12-7-13-23(17)30-25(32)26(33)31-29-16-21-20-11-6-5-8-18(20)14-15-24(21)35-27(34)19-9-3-2-4-10-19/h2-16H,1H3,(H,30,32)(H,31,33). The van der Waals surface area contributed by atoms with E-state index in [-0.39, 0.29) is 5.75 Å². The lowest BCUT2D eigenvalue weighted by Gasteiger charge is -2.11. The van der Waals surface area contributed by atoms with Crippen molar-refractivity contribution in [2.45, 2.75) is 6.92 Å². The van der Waals surface area contributed by atoms with Crippen molar-refractivity contribution in [1.82, 2.24) is 5.43 Å². The van der Waals surface area contributed by atoms with Crippen molar-refractivity contribution in [2.24, 2.45) is 5.10 Å². The molecule has 7 nitrogen and oxygen atoms in total. The number of anilines is 1. The maximum absolute atomic E-state index is 12.6. The van der Waals surface area contributed by atoms with Crippen LogP contribution in [0.15, 0.2) is 90.0 Å². The number of halogens is 1. The normalized spacial score (nSPS) is 10.8. The quantitative estimate of drug-likeness (QED) is 0.135. The maximum Gasteiger partial charge on any atom is 0.343 e. The first kappa shape index (κ1) is 23.7. The third kappa shape index (κ3) is 5.54. The highest BCUT2D eigenvalue weighted by Gasteiger charge is 2.16. The average molecular weight is 486 g/mol. The summed E-state index contributed by atoms with van der Waals surface area (Å²) in [5.41, 5.74) is 4.13. The summed E-state index contributed by atoms with van der Waals surface area (Å²) in [5.74, 6) is -2.14. The molecule has 4 aromatic rings. The molecule has 0 spiro atoms. The van der Waals surface area contributed by atoms with E-state index in [1.165, 1.54) is 6.21 Å². The molecule has 0 bridgehead atoms. The Kier molecular flexibility index (Phi) is 7.18. The lowest BCUT2D eigenvalue weighted by Crippen LogP contribution is -2.32. The van der Waals surface area contributed by atoms with E-state index in [1.807, 2.05) is 30.3 Å². The second-order valence-electron chi connectivity index (χ2n) is 7.52. The molecule has 0 aliphatic heterocycles. The molecule has 0 unspecified atom stereocenters. The average Bonchev–Trinajstić information content (AvgIpc) is 2.88. The first-order valence-electron chi connectivity index (χ1n) is 10.6. The molecule has 35 heavy (non-hydrogen) atoms. The molecule has 0 heterocycles. The Balaban J connectivity index is 1.54. The number of esters is 1. The number of nitrogens with zero attached hydrogens (tertiary/aromatic N) is 1. The van der Waals surface area contributed by atoms with E-state index < -0.39 is 17.8 Å². The fourth-order valence-corrected chi connectivity index (χ4v) is 3.53. The van der Waals surface area contributed by atoms with E-state index in [0.29, 0.717) is 27.4 Å². The van der Waals surface area contributed by atoms with Crippen LogP contribution < -0.4 is 15.5 Å². The molecule has 0 saturated carbocycles. The van der Waals surface area contributed by atoms with E-state index in [9.17, 15) is 14.4 Å². The van der Waals surface area contributed by atoms with Gasteiger partial charge < -0.3 is 10.1 Å². The number of hydrogen-bond donors (Lipinski definition) is 2. The van der Waals surface area contributed by atoms with Crippen LogP contribution >= 0.6 is 11.6 Å². The molecule has 2 N–H and O–H groups in total. The zero-order valence-corrected chi connectivity index (χ0v) is 19.4. The van der Waals surface area contributed by atoms with Gasteiger partial charge in [-0.25, -0.2) is 10.2 Å². The Morgan fingerprint density at radius 2 is 1.60 bits per heavy atom. The maximum atomic E-state index is 12.6. The summed E-state index contributed by atoms with van der Waals surface area (Å²) in [4.78, 5) is 37.2. The van der Waals surface area contributed by atoms with Gasteiger partial charge in [0.05, 0.1) is 11.8 Å². The number of amides is 2. The van der Waals surface area contributed by atoms with Gasteiger partial charge in [0.2, 0.25) is 0 Å². The molecule has 0 aliphatic carbocycles. The van der Waals surface area contributed by atoms with E-state index in [4.69, 9.17) is 16.3 Å². The van der Waals surface area contributed by atoms with Gasteiger partial charge in [-0.05, 0) is 53.6 Å². The van der Waals surface area contributed by atoms with Gasteiger partial charge in [0.1, 0.15) is 5.75 Å². The summed E-state index contributed by atoms with van der Waals surface area (Å²) in [7, 11) is 0. The Morgan fingerprint density at radius 3 is 2.40 bits per heavy atom. The summed E-state index contributed by atoms with van der Waals surface area (Å²) < 4.78 is 5.61. The zero-order valence-electron chi connectivity index (χ0n) is 18.6. The molecule has 0 atom stereocenters. The van der Waals surface area contributed by atoms with Gasteiger partial charge in [0, 0.05) is 16.3 Å². The lowest BCUT2D eigenvalue weighted by molar-refractivity contribution is -0.136. The van der Waals surface area contributed by atoms with Crippen molar-refractivity contribution >= 4 is 52.1 Å². The Bertz CT molecular complexity index is 1450. The fourth-order valence-electron chi connectivity index (χ4n) is 3.36. The Morgan fingerprint density at radius 1 is 0.857 bits per heavy atom. The van der Waals surface area contributed by atoms with Crippen LogP contribution in [0.1, 0.15) is 21.5 Å². The van der Waals surface area contributed by atoms with Gasteiger partial charge in [-0.2, -0.15) is 5.10 Å². The first-order valence-corrected chi connectivity index (χ1v) is 11.0. The summed E-state index contributed by atoms with van der Waals surface area (Å²) in [6.07, 6.45) is 1.34. The van der Waals surface area contributed by atoms with Crippen LogP contribution in [0.5, 0.6) is 5.75 Å². The van der Waals surface area contributed by atoms with Crippen LogP contribution in [0.3, 0.4) is 0 Å². The van der Waals surface area contributed by atoms with Crippen molar-refractivity contribution in [3.8, 4) is 5.75 Å². The first-order chi connectivity index (χ1) is 16.9. The minimum atomic E-state index is -0.969. The number of nitrogens with one attached hydrogen (secondary N) is 2. The summed E-state index contributed by atoms with van der Waals surface area (Å²) in [6, 6.07) is 24.5. The van der Waals surface area contributed by atoms with Crippen LogP contribution in [0.25, 0.3) is 10.8 Å². The minimum absolute atomic E-state index is 0.259. The molecule has 4 rings (SSSR count). The van der Waals surface area contributed by atoms with Crippen LogP contribution in [0.2, 0.25) is 5.02 Å². The number of fused-ring (bicyclic) bond motifs is 1. The highest BCUT2D eigenvalue weighted by Crippen LogP contribution is 2.27. The van der Waals surface area contributed by atoms with Crippen molar-refractivity contribution in [2.75, 3.05) is 5.32 Å². The molecule has 0 aromatic heterocycles. The predicted molar refractivity (Wildman–Crippen MR) is 136 cm³/mol. The smallest absolute Gasteiger partial charge is 0.343 e. The second kappa shape index (κ2) is 10.6. The molecule has 0 radical (unpaired) electrons. The van der Waals surface area contributed by atoms with Crippen molar-refractivity contribution in [3.63, 3.8) is 0 Å². The van der Waals surface area contributed by atoms with Gasteiger partial charge in [-0.1, -0.05) is 66.2 Å². The summed E-state index contributed by atoms with van der Waals surface area (Å²) >= 11 is 6.05. The van der Waals surface area contributed by atoms with Crippen molar-refractivity contribution in [3.05, 3.63) is 107 Å². The van der Waals surface area contributed by atoms with E-state index in [1.54, 1.807) is 61.5 Å². The van der Waals surface area contributed by atoms with Crippen molar-refractivity contribution < 1.29 is 19.1 Å². The SMILES string of the molecule is Cc1c(Cl)cccc1NC(=O)C(=O)NN=Cc1c(OC(=O)c2ccccc2)ccc2ccccc12. The molecule has 2 amide bonds. The molecular formula is C27H20ClN3O4. The van der Waals surface area contributed by atoms with Crippen LogP contribution in [0.4, 0.5) is 5.69 Å². The highest BCUT2D eigenvalue weighted by atomic mass is 35.5. The molecule has 8 heteroatoms. The number of carbonyl (C=O) groups is 3. The van der Waals surface area contributed by atoms with Gasteiger partial charge in [0.25, 0.3) is 0 Å². The summed E-state index contributed by atoms with van der Waals surface area (Å²) in [6.45, 7) is 1.73. The second-order valence-corrected chi connectivity index (χ2v) is 7.93. The van der Waals surface area contributed by atoms with E-state index in [2.05, 4.69) is 15.8 Å². The lowest BCUT2D eigenvalue weighted by atomic mass is 10.0. The monoisotopic (exact) mass is 485 g/mol. The molecule has 174 valence electrons. The molecular weight excluding hydrogens is 466 g/mol. The van der Waals surface area contributed by atoms with E-state index >= 15 is 0 Å². The van der Waals surface area contributed by atoms with Gasteiger partial charge in [-0.15, -0.1) is 0 Å². The van der Waals surface area contributed by atoms with Gasteiger partial charge in [-0.3, -0.25) is 9.59 Å². The minimum Gasteiger partial charge on any atom is -0.422 e. The van der Waals surface area contributed by atoms with Gasteiger partial charge >= 0.3 is 17.8 Å². The number of ether oxygens (including phenoxy) is 1. The third-order valence-corrected chi connectivity index (χ3v) is 5.63. The number of hydrazone groups is 1. The van der Waals surface area contributed by atoms with Crippen LogP contribution in [0, 0.1) is 6.92 Å². The van der Waals surface area contributed by atoms with Crippen molar-refractivity contribution in [1.29, 1.82) is 0 Å². The molecule has 0 saturated heterocycles. The van der Waals surface area contributed by atoms with Crippen LogP contribution in [-0.4, -0.2) is 24.0 Å². The number of benzene rings is 4. The topological polar surface area (TPSA) is 96.9 Å². The number of hydrogen-bond acceptors (Lipinski definition) is 5. The summed E-state index contributed by atoms with van der Waals surface area (Å²) in [5, 5.41) is 8.54. The van der Waals surface area contributed by atoms with E-state index in [0.717, 1.165) is 10.8 Å². The Hall–Kier alpha value is -4.49. The molecule has 0 aliphatic rings.